The lowest BCUT2D eigenvalue weighted by molar-refractivity contribution is 0.338. The number of rotatable bonds is 6. The zero-order valence-corrected chi connectivity index (χ0v) is 16.1. The monoisotopic (exact) mass is 409 g/mol. The summed E-state index contributed by atoms with van der Waals surface area (Å²) in [6, 6.07) is 10.3. The van der Waals surface area contributed by atoms with Crippen LogP contribution in [-0.4, -0.2) is 18.6 Å². The maximum atomic E-state index is 12.5. The third kappa shape index (κ3) is 3.68. The average Bonchev–Trinajstić information content (AvgIpc) is 3.22. The standard InChI is InChI=1S/C17H16ClN3O3S2/c18-13-6-4-11(5-7-13)10-19-26(22,23)15-9-8-14(25-15)17-21-20-16(24-17)12-2-1-3-12/h4-9,12,19H,1-3,10H2. The van der Waals surface area contributed by atoms with Crippen molar-refractivity contribution in [1.82, 2.24) is 14.9 Å². The quantitative estimate of drug-likeness (QED) is 0.659. The van der Waals surface area contributed by atoms with Crippen LogP contribution >= 0.6 is 22.9 Å². The molecule has 9 heteroatoms. The Morgan fingerprint density at radius 3 is 2.62 bits per heavy atom. The Hall–Kier alpha value is -1.74. The highest BCUT2D eigenvalue weighted by Crippen LogP contribution is 2.37. The molecule has 0 amide bonds. The van der Waals surface area contributed by atoms with Crippen molar-refractivity contribution < 1.29 is 12.8 Å². The summed E-state index contributed by atoms with van der Waals surface area (Å²) in [5.74, 6) is 1.36. The molecule has 0 saturated heterocycles. The van der Waals surface area contributed by atoms with E-state index in [0.717, 1.165) is 29.7 Å². The number of nitrogens with one attached hydrogen (secondary N) is 1. The Morgan fingerprint density at radius 1 is 1.15 bits per heavy atom. The van der Waals surface area contributed by atoms with E-state index in [2.05, 4.69) is 14.9 Å². The largest absolute Gasteiger partial charge is 0.420 e. The van der Waals surface area contributed by atoms with Gasteiger partial charge in [0.2, 0.25) is 15.9 Å². The number of hydrogen-bond acceptors (Lipinski definition) is 6. The van der Waals surface area contributed by atoms with Gasteiger partial charge in [0, 0.05) is 17.5 Å². The summed E-state index contributed by atoms with van der Waals surface area (Å²) in [7, 11) is -3.61. The summed E-state index contributed by atoms with van der Waals surface area (Å²) in [6.07, 6.45) is 3.32. The topological polar surface area (TPSA) is 85.1 Å². The van der Waals surface area contributed by atoms with E-state index in [1.54, 1.807) is 36.4 Å². The van der Waals surface area contributed by atoms with Crippen LogP contribution in [0.1, 0.15) is 36.6 Å². The Kier molecular flexibility index (Phi) is 4.83. The Labute approximate surface area is 160 Å². The Balaban J connectivity index is 1.47. The normalized spacial score (nSPS) is 15.1. The van der Waals surface area contributed by atoms with Crippen LogP contribution in [0.3, 0.4) is 0 Å². The van der Waals surface area contributed by atoms with Crippen molar-refractivity contribution in [2.45, 2.75) is 35.9 Å². The summed E-state index contributed by atoms with van der Waals surface area (Å²) in [6.45, 7) is 0.194. The molecular weight excluding hydrogens is 394 g/mol. The second-order valence-electron chi connectivity index (χ2n) is 6.14. The molecule has 4 rings (SSSR count). The molecule has 1 aliphatic carbocycles. The number of aromatic nitrogens is 2. The molecule has 2 heterocycles. The lowest BCUT2D eigenvalue weighted by atomic mass is 9.85. The molecule has 2 aromatic heterocycles. The van der Waals surface area contributed by atoms with Gasteiger partial charge in [0.05, 0.1) is 4.88 Å². The lowest BCUT2D eigenvalue weighted by Crippen LogP contribution is -2.22. The molecular formula is C17H16ClN3O3S2. The number of halogens is 1. The van der Waals surface area contributed by atoms with Crippen molar-refractivity contribution in [1.29, 1.82) is 0 Å². The summed E-state index contributed by atoms with van der Waals surface area (Å²) in [5.41, 5.74) is 0.830. The van der Waals surface area contributed by atoms with Crippen molar-refractivity contribution in [2.24, 2.45) is 0 Å². The molecule has 3 aromatic rings. The summed E-state index contributed by atoms with van der Waals surface area (Å²) in [4.78, 5) is 0.648. The van der Waals surface area contributed by atoms with E-state index in [-0.39, 0.29) is 10.8 Å². The van der Waals surface area contributed by atoms with Gasteiger partial charge >= 0.3 is 0 Å². The fraction of sp³-hybridized carbons (Fsp3) is 0.294. The first-order valence-electron chi connectivity index (χ1n) is 8.19. The molecule has 1 saturated carbocycles. The molecule has 136 valence electrons. The van der Waals surface area contributed by atoms with Gasteiger partial charge < -0.3 is 4.42 Å². The van der Waals surface area contributed by atoms with Gasteiger partial charge in [-0.2, -0.15) is 0 Å². The van der Waals surface area contributed by atoms with Gasteiger partial charge in [-0.05, 0) is 42.7 Å². The summed E-state index contributed by atoms with van der Waals surface area (Å²) < 4.78 is 33.5. The molecule has 1 aliphatic rings. The maximum Gasteiger partial charge on any atom is 0.257 e. The number of benzene rings is 1. The van der Waals surface area contributed by atoms with Crippen LogP contribution in [0.5, 0.6) is 0 Å². The molecule has 6 nitrogen and oxygen atoms in total. The second-order valence-corrected chi connectivity index (χ2v) is 9.66. The van der Waals surface area contributed by atoms with E-state index >= 15 is 0 Å². The van der Waals surface area contributed by atoms with E-state index < -0.39 is 10.0 Å². The predicted octanol–water partition coefficient (Wildman–Crippen LogP) is 4.20. The predicted molar refractivity (Wildman–Crippen MR) is 99.7 cm³/mol. The fourth-order valence-electron chi connectivity index (χ4n) is 2.59. The molecule has 0 unspecified atom stereocenters. The van der Waals surface area contributed by atoms with Crippen LogP contribution in [0.15, 0.2) is 45.0 Å². The van der Waals surface area contributed by atoms with Crippen LogP contribution in [0.25, 0.3) is 10.8 Å². The SMILES string of the molecule is O=S(=O)(NCc1ccc(Cl)cc1)c1ccc(-c2nnc(C3CCC3)o2)s1. The van der Waals surface area contributed by atoms with Crippen LogP contribution in [0.4, 0.5) is 0 Å². The highest BCUT2D eigenvalue weighted by atomic mass is 35.5. The van der Waals surface area contributed by atoms with Crippen LogP contribution in [0, 0.1) is 0 Å². The molecule has 0 aliphatic heterocycles. The number of thiophene rings is 1. The highest BCUT2D eigenvalue weighted by molar-refractivity contribution is 7.91. The molecule has 1 aromatic carbocycles. The first kappa shape index (κ1) is 17.7. The van der Waals surface area contributed by atoms with Gasteiger partial charge in [-0.3, -0.25) is 0 Å². The molecule has 1 N–H and O–H groups in total. The van der Waals surface area contributed by atoms with E-state index in [1.807, 2.05) is 0 Å². The molecule has 26 heavy (non-hydrogen) atoms. The molecule has 0 radical (unpaired) electrons. The zero-order chi connectivity index (χ0) is 18.1. The Bertz CT molecular complexity index is 1010. The highest BCUT2D eigenvalue weighted by Gasteiger charge is 2.26. The minimum atomic E-state index is -3.61. The van der Waals surface area contributed by atoms with Gasteiger partial charge in [-0.1, -0.05) is 30.2 Å². The maximum absolute atomic E-state index is 12.5. The van der Waals surface area contributed by atoms with Crippen molar-refractivity contribution in [3.8, 4) is 10.8 Å². The molecule has 0 atom stereocenters. The van der Waals surface area contributed by atoms with Crippen molar-refractivity contribution in [3.05, 3.63) is 52.9 Å². The van der Waals surface area contributed by atoms with Gasteiger partial charge in [-0.25, -0.2) is 13.1 Å². The van der Waals surface area contributed by atoms with Crippen molar-refractivity contribution in [2.75, 3.05) is 0 Å². The van der Waals surface area contributed by atoms with Crippen LogP contribution in [-0.2, 0) is 16.6 Å². The van der Waals surface area contributed by atoms with E-state index in [1.165, 1.54) is 6.42 Å². The van der Waals surface area contributed by atoms with Crippen molar-refractivity contribution >= 4 is 33.0 Å². The second kappa shape index (κ2) is 7.11. The average molecular weight is 410 g/mol. The van der Waals surface area contributed by atoms with E-state index in [9.17, 15) is 8.42 Å². The van der Waals surface area contributed by atoms with Gasteiger partial charge in [0.25, 0.3) is 5.89 Å². The molecule has 1 fully saturated rings. The van der Waals surface area contributed by atoms with E-state index in [0.29, 0.717) is 27.6 Å². The number of sulfonamides is 1. The van der Waals surface area contributed by atoms with Crippen molar-refractivity contribution in [3.63, 3.8) is 0 Å². The summed E-state index contributed by atoms with van der Waals surface area (Å²) in [5, 5.41) is 8.75. The third-order valence-corrected chi connectivity index (χ3v) is 7.55. The molecule has 0 bridgehead atoms. The Morgan fingerprint density at radius 2 is 1.92 bits per heavy atom. The third-order valence-electron chi connectivity index (χ3n) is 4.33. The van der Waals surface area contributed by atoms with Gasteiger partial charge in [0.15, 0.2) is 0 Å². The lowest BCUT2D eigenvalue weighted by Gasteiger charge is -2.20. The van der Waals surface area contributed by atoms with Crippen LogP contribution < -0.4 is 4.72 Å². The van der Waals surface area contributed by atoms with Gasteiger partial charge in [0.1, 0.15) is 4.21 Å². The smallest absolute Gasteiger partial charge is 0.257 e. The summed E-state index contributed by atoms with van der Waals surface area (Å²) >= 11 is 6.95. The minimum Gasteiger partial charge on any atom is -0.420 e. The minimum absolute atomic E-state index is 0.194. The first-order chi connectivity index (χ1) is 12.5. The number of nitrogens with zero attached hydrogens (tertiary/aromatic N) is 2. The number of hydrogen-bond donors (Lipinski definition) is 1. The molecule has 0 spiro atoms. The zero-order valence-electron chi connectivity index (χ0n) is 13.7. The van der Waals surface area contributed by atoms with E-state index in [4.69, 9.17) is 16.0 Å². The van der Waals surface area contributed by atoms with Crippen LogP contribution in [0.2, 0.25) is 5.02 Å². The first-order valence-corrected chi connectivity index (χ1v) is 10.9. The van der Waals surface area contributed by atoms with Gasteiger partial charge in [-0.15, -0.1) is 21.5 Å². The fourth-order valence-corrected chi connectivity index (χ4v) is 5.00.